The number of rotatable bonds is 5. The fraction of sp³-hybridized carbons (Fsp3) is 0.444. The van der Waals surface area contributed by atoms with Crippen LogP contribution in [0.25, 0.3) is 0 Å². The number of aryl methyl sites for hydroxylation is 2. The summed E-state index contributed by atoms with van der Waals surface area (Å²) in [4.78, 5) is 16.7. The molecule has 1 aromatic carbocycles. The maximum Gasteiger partial charge on any atom is 0.310 e. The number of carbonyl (C=O) groups excluding carboxylic acids is 1. The van der Waals surface area contributed by atoms with Gasteiger partial charge in [0.1, 0.15) is 5.76 Å². The van der Waals surface area contributed by atoms with Gasteiger partial charge >= 0.3 is 5.97 Å². The molecule has 3 rings (SSSR count). The van der Waals surface area contributed by atoms with Crippen LogP contribution in [-0.2, 0) is 26.2 Å². The standard InChI is InChI=1S/C18H21ClN2O5S/c1-12-13(2)26-17(20-12)11-25-18(22)14-4-3-9-21(10-14)27(23,24)16-7-5-15(19)6-8-16/h5-8,14H,3-4,9-11H2,1-2H3. The lowest BCUT2D eigenvalue weighted by Crippen LogP contribution is -2.42. The van der Waals surface area contributed by atoms with Gasteiger partial charge in [0.05, 0.1) is 16.5 Å². The summed E-state index contributed by atoms with van der Waals surface area (Å²) in [5.74, 6) is 0.0521. The fourth-order valence-electron chi connectivity index (χ4n) is 2.96. The van der Waals surface area contributed by atoms with E-state index in [-0.39, 0.29) is 18.0 Å². The zero-order valence-corrected chi connectivity index (χ0v) is 16.7. The highest BCUT2D eigenvalue weighted by atomic mass is 35.5. The molecule has 2 heterocycles. The van der Waals surface area contributed by atoms with Crippen molar-refractivity contribution in [2.24, 2.45) is 5.92 Å². The van der Waals surface area contributed by atoms with Crippen LogP contribution in [0.3, 0.4) is 0 Å². The van der Waals surface area contributed by atoms with E-state index in [9.17, 15) is 13.2 Å². The smallest absolute Gasteiger partial charge is 0.310 e. The average Bonchev–Trinajstić information content (AvgIpc) is 2.98. The van der Waals surface area contributed by atoms with Crippen LogP contribution in [0.4, 0.5) is 0 Å². The molecule has 1 aliphatic rings. The van der Waals surface area contributed by atoms with Gasteiger partial charge in [0.15, 0.2) is 6.61 Å². The lowest BCUT2D eigenvalue weighted by atomic mass is 10.0. The number of hydrogen-bond acceptors (Lipinski definition) is 6. The molecule has 1 atom stereocenters. The minimum absolute atomic E-state index is 0.0616. The van der Waals surface area contributed by atoms with Crippen molar-refractivity contribution >= 4 is 27.6 Å². The van der Waals surface area contributed by atoms with E-state index in [0.29, 0.717) is 36.1 Å². The van der Waals surface area contributed by atoms with Crippen molar-refractivity contribution in [3.05, 3.63) is 46.6 Å². The topological polar surface area (TPSA) is 89.7 Å². The van der Waals surface area contributed by atoms with Crippen LogP contribution in [-0.4, -0.2) is 36.8 Å². The number of esters is 1. The molecule has 9 heteroatoms. The van der Waals surface area contributed by atoms with Gasteiger partial charge in [0.2, 0.25) is 15.9 Å². The summed E-state index contributed by atoms with van der Waals surface area (Å²) in [5.41, 5.74) is 0.749. The highest BCUT2D eigenvalue weighted by Crippen LogP contribution is 2.25. The first-order chi connectivity index (χ1) is 12.8. The normalized spacial score (nSPS) is 18.4. The first kappa shape index (κ1) is 19.9. The molecule has 0 spiro atoms. The third-order valence-electron chi connectivity index (χ3n) is 4.58. The van der Waals surface area contributed by atoms with E-state index in [1.54, 1.807) is 6.92 Å². The molecular weight excluding hydrogens is 392 g/mol. The summed E-state index contributed by atoms with van der Waals surface area (Å²) in [5, 5.41) is 0.464. The molecule has 1 saturated heterocycles. The number of piperidine rings is 1. The molecule has 0 N–H and O–H groups in total. The zero-order chi connectivity index (χ0) is 19.6. The second kappa shape index (κ2) is 8.00. The number of hydrogen-bond donors (Lipinski definition) is 0. The number of ether oxygens (including phenoxy) is 1. The summed E-state index contributed by atoms with van der Waals surface area (Å²) in [6.45, 7) is 3.99. The SMILES string of the molecule is Cc1nc(COC(=O)C2CCCN(S(=O)(=O)c3ccc(Cl)cc3)C2)oc1C. The molecule has 7 nitrogen and oxygen atoms in total. The Labute approximate surface area is 163 Å². The molecule has 27 heavy (non-hydrogen) atoms. The molecule has 0 radical (unpaired) electrons. The molecule has 0 aliphatic carbocycles. The van der Waals surface area contributed by atoms with Crippen LogP contribution < -0.4 is 0 Å². The molecule has 146 valence electrons. The van der Waals surface area contributed by atoms with Crippen molar-refractivity contribution in [3.8, 4) is 0 Å². The first-order valence-corrected chi connectivity index (χ1v) is 10.4. The Hall–Kier alpha value is -1.90. The molecule has 1 aliphatic heterocycles. The van der Waals surface area contributed by atoms with Crippen LogP contribution in [0.2, 0.25) is 5.02 Å². The summed E-state index contributed by atoms with van der Waals surface area (Å²) in [6.07, 6.45) is 1.17. The second-order valence-corrected chi connectivity index (χ2v) is 8.89. The average molecular weight is 413 g/mol. The molecule has 2 aromatic rings. The van der Waals surface area contributed by atoms with Gasteiger partial charge in [-0.05, 0) is 51.0 Å². The van der Waals surface area contributed by atoms with Gasteiger partial charge < -0.3 is 9.15 Å². The highest BCUT2D eigenvalue weighted by Gasteiger charge is 2.34. The summed E-state index contributed by atoms with van der Waals surface area (Å²) < 4.78 is 37.6. The van der Waals surface area contributed by atoms with Crippen molar-refractivity contribution in [3.63, 3.8) is 0 Å². The molecule has 1 aromatic heterocycles. The summed E-state index contributed by atoms with van der Waals surface area (Å²) in [6, 6.07) is 5.99. The van der Waals surface area contributed by atoms with Crippen LogP contribution in [0.1, 0.15) is 30.2 Å². The van der Waals surface area contributed by atoms with E-state index < -0.39 is 21.9 Å². The van der Waals surface area contributed by atoms with Gasteiger partial charge in [-0.15, -0.1) is 0 Å². The summed E-state index contributed by atoms with van der Waals surface area (Å²) >= 11 is 5.83. The van der Waals surface area contributed by atoms with Crippen molar-refractivity contribution in [2.45, 2.75) is 38.2 Å². The number of benzene rings is 1. The van der Waals surface area contributed by atoms with E-state index in [0.717, 1.165) is 5.69 Å². The Bertz CT molecular complexity index is 904. The Morgan fingerprint density at radius 3 is 2.67 bits per heavy atom. The van der Waals surface area contributed by atoms with E-state index in [4.69, 9.17) is 20.8 Å². The molecule has 1 fully saturated rings. The predicted molar refractivity (Wildman–Crippen MR) is 98.7 cm³/mol. The van der Waals surface area contributed by atoms with Gasteiger partial charge in [-0.25, -0.2) is 13.4 Å². The molecule has 0 saturated carbocycles. The van der Waals surface area contributed by atoms with Crippen LogP contribution >= 0.6 is 11.6 Å². The van der Waals surface area contributed by atoms with Gasteiger partial charge in [-0.1, -0.05) is 11.6 Å². The largest absolute Gasteiger partial charge is 0.455 e. The minimum atomic E-state index is -3.68. The first-order valence-electron chi connectivity index (χ1n) is 8.62. The second-order valence-electron chi connectivity index (χ2n) is 6.51. The lowest BCUT2D eigenvalue weighted by Gasteiger charge is -2.30. The molecular formula is C18H21ClN2O5S. The lowest BCUT2D eigenvalue weighted by molar-refractivity contribution is -0.151. The van der Waals surface area contributed by atoms with E-state index in [2.05, 4.69) is 4.98 Å². The molecule has 0 amide bonds. The predicted octanol–water partition coefficient (Wildman–Crippen LogP) is 3.09. The number of sulfonamides is 1. The third kappa shape index (κ3) is 4.51. The van der Waals surface area contributed by atoms with Crippen LogP contribution in [0.5, 0.6) is 0 Å². The number of halogens is 1. The van der Waals surface area contributed by atoms with Crippen molar-refractivity contribution in [1.82, 2.24) is 9.29 Å². The fourth-order valence-corrected chi connectivity index (χ4v) is 4.61. The third-order valence-corrected chi connectivity index (χ3v) is 6.71. The number of oxazole rings is 1. The monoisotopic (exact) mass is 412 g/mol. The Kier molecular flexibility index (Phi) is 5.88. The Morgan fingerprint density at radius 1 is 1.33 bits per heavy atom. The summed E-state index contributed by atoms with van der Waals surface area (Å²) in [7, 11) is -3.68. The van der Waals surface area contributed by atoms with E-state index in [1.165, 1.54) is 28.6 Å². The molecule has 1 unspecified atom stereocenters. The maximum atomic E-state index is 12.8. The Morgan fingerprint density at radius 2 is 2.04 bits per heavy atom. The number of nitrogens with zero attached hydrogens (tertiary/aromatic N) is 2. The quantitative estimate of drug-likeness (QED) is 0.701. The minimum Gasteiger partial charge on any atom is -0.455 e. The van der Waals surface area contributed by atoms with Gasteiger partial charge in [-0.2, -0.15) is 4.31 Å². The maximum absolute atomic E-state index is 12.8. The zero-order valence-electron chi connectivity index (χ0n) is 15.1. The van der Waals surface area contributed by atoms with Gasteiger partial charge in [0.25, 0.3) is 0 Å². The highest BCUT2D eigenvalue weighted by molar-refractivity contribution is 7.89. The van der Waals surface area contributed by atoms with E-state index in [1.807, 2.05) is 6.92 Å². The van der Waals surface area contributed by atoms with Crippen molar-refractivity contribution < 1.29 is 22.4 Å². The van der Waals surface area contributed by atoms with E-state index >= 15 is 0 Å². The van der Waals surface area contributed by atoms with Crippen molar-refractivity contribution in [1.29, 1.82) is 0 Å². The van der Waals surface area contributed by atoms with Crippen LogP contribution in [0.15, 0.2) is 33.6 Å². The van der Waals surface area contributed by atoms with Crippen LogP contribution in [0, 0.1) is 19.8 Å². The Balaban J connectivity index is 1.64. The van der Waals surface area contributed by atoms with Crippen molar-refractivity contribution in [2.75, 3.05) is 13.1 Å². The number of carbonyl (C=O) groups is 1. The number of aromatic nitrogens is 1. The molecule has 0 bridgehead atoms. The van der Waals surface area contributed by atoms with Gasteiger partial charge in [0, 0.05) is 18.1 Å². The van der Waals surface area contributed by atoms with Gasteiger partial charge in [-0.3, -0.25) is 4.79 Å².